The number of carbonyl (C=O) groups excluding carboxylic acids is 1. The molecule has 0 aliphatic carbocycles. The van der Waals surface area contributed by atoms with E-state index in [0.29, 0.717) is 11.5 Å². The van der Waals surface area contributed by atoms with Gasteiger partial charge in [0.05, 0.1) is 9.90 Å². The number of rotatable bonds is 5. The molecule has 3 aromatic rings. The van der Waals surface area contributed by atoms with Crippen molar-refractivity contribution in [3.05, 3.63) is 58.0 Å². The lowest BCUT2D eigenvalue weighted by Crippen LogP contribution is -2.24. The molecule has 1 aromatic carbocycles. The van der Waals surface area contributed by atoms with Crippen LogP contribution in [0.1, 0.15) is 11.5 Å². The van der Waals surface area contributed by atoms with E-state index < -0.39 is 5.82 Å². The fourth-order valence-electron chi connectivity index (χ4n) is 1.87. The predicted molar refractivity (Wildman–Crippen MR) is 84.6 cm³/mol. The topological polar surface area (TPSA) is 68.0 Å². The summed E-state index contributed by atoms with van der Waals surface area (Å²) in [6, 6.07) is 8.03. The van der Waals surface area contributed by atoms with Crippen LogP contribution in [0.3, 0.4) is 0 Å². The third-order valence-electron chi connectivity index (χ3n) is 2.98. The number of aromatic nitrogens is 2. The predicted octanol–water partition coefficient (Wildman–Crippen LogP) is 3.45. The quantitative estimate of drug-likeness (QED) is 0.764. The smallest absolute Gasteiger partial charge is 0.257 e. The molecule has 23 heavy (non-hydrogen) atoms. The largest absolute Gasteiger partial charge is 0.419 e. The van der Waals surface area contributed by atoms with Crippen LogP contribution in [0.15, 0.2) is 40.1 Å². The highest BCUT2D eigenvalue weighted by Gasteiger charge is 2.13. The molecule has 0 saturated heterocycles. The first-order chi connectivity index (χ1) is 11.1. The third kappa shape index (κ3) is 3.94. The molecule has 0 radical (unpaired) electrons. The summed E-state index contributed by atoms with van der Waals surface area (Å²) in [5.41, 5.74) is 0.703. The van der Waals surface area contributed by atoms with Crippen LogP contribution in [0, 0.1) is 5.82 Å². The molecule has 2 aromatic heterocycles. The van der Waals surface area contributed by atoms with E-state index in [1.165, 1.54) is 23.5 Å². The van der Waals surface area contributed by atoms with E-state index in [-0.39, 0.29) is 29.8 Å². The first kappa shape index (κ1) is 15.6. The molecule has 8 heteroatoms. The molecule has 0 aliphatic rings. The van der Waals surface area contributed by atoms with Gasteiger partial charge in [-0.2, -0.15) is 0 Å². The van der Waals surface area contributed by atoms with E-state index in [2.05, 4.69) is 15.5 Å². The van der Waals surface area contributed by atoms with Crippen LogP contribution in [0.25, 0.3) is 10.8 Å². The second-order valence-electron chi connectivity index (χ2n) is 4.68. The standard InChI is InChI=1S/C15H11ClFN3O2S/c16-10-6-9(3-4-11(10)17)8-18-13(21)7-14-19-20-15(22-14)12-2-1-5-23-12/h1-6H,7-8H2,(H,18,21). The van der Waals surface area contributed by atoms with Crippen molar-refractivity contribution in [3.63, 3.8) is 0 Å². The van der Waals surface area contributed by atoms with E-state index in [1.54, 1.807) is 6.07 Å². The van der Waals surface area contributed by atoms with Gasteiger partial charge in [0.2, 0.25) is 11.8 Å². The summed E-state index contributed by atoms with van der Waals surface area (Å²) in [6.07, 6.45) is -0.0205. The average Bonchev–Trinajstić information content (AvgIpc) is 3.19. The van der Waals surface area contributed by atoms with E-state index in [1.807, 2.05) is 17.5 Å². The molecule has 0 atom stereocenters. The molecule has 0 saturated carbocycles. The summed E-state index contributed by atoms with van der Waals surface area (Å²) in [6.45, 7) is 0.241. The molecule has 0 unspecified atom stereocenters. The van der Waals surface area contributed by atoms with Gasteiger partial charge in [-0.05, 0) is 29.1 Å². The van der Waals surface area contributed by atoms with Gasteiger partial charge in [-0.1, -0.05) is 23.7 Å². The molecular formula is C15H11ClFN3O2S. The van der Waals surface area contributed by atoms with Gasteiger partial charge < -0.3 is 9.73 Å². The highest BCUT2D eigenvalue weighted by atomic mass is 35.5. The van der Waals surface area contributed by atoms with Crippen molar-refractivity contribution >= 4 is 28.8 Å². The second-order valence-corrected chi connectivity index (χ2v) is 6.04. The fourth-order valence-corrected chi connectivity index (χ4v) is 2.72. The minimum absolute atomic E-state index is 0.0205. The minimum Gasteiger partial charge on any atom is -0.419 e. The number of halogens is 2. The zero-order valence-electron chi connectivity index (χ0n) is 11.8. The zero-order chi connectivity index (χ0) is 16.2. The Kier molecular flexibility index (Phi) is 4.68. The second kappa shape index (κ2) is 6.89. The molecule has 0 aliphatic heterocycles. The number of nitrogens with zero attached hydrogens (tertiary/aromatic N) is 2. The van der Waals surface area contributed by atoms with Crippen LogP contribution in [-0.2, 0) is 17.8 Å². The lowest BCUT2D eigenvalue weighted by molar-refractivity contribution is -0.120. The van der Waals surface area contributed by atoms with Gasteiger partial charge >= 0.3 is 0 Å². The number of carbonyl (C=O) groups is 1. The van der Waals surface area contributed by atoms with Crippen molar-refractivity contribution in [1.29, 1.82) is 0 Å². The maximum atomic E-state index is 13.1. The highest BCUT2D eigenvalue weighted by Crippen LogP contribution is 2.23. The minimum atomic E-state index is -0.492. The molecule has 0 fully saturated rings. The first-order valence-electron chi connectivity index (χ1n) is 6.68. The van der Waals surface area contributed by atoms with Crippen molar-refractivity contribution < 1.29 is 13.6 Å². The van der Waals surface area contributed by atoms with Gasteiger partial charge in [-0.15, -0.1) is 21.5 Å². The molecule has 118 valence electrons. The summed E-state index contributed by atoms with van der Waals surface area (Å²) < 4.78 is 18.5. The maximum absolute atomic E-state index is 13.1. The molecular weight excluding hydrogens is 341 g/mol. The Hall–Kier alpha value is -2.25. The summed E-state index contributed by atoms with van der Waals surface area (Å²) in [5, 5.41) is 12.4. The van der Waals surface area contributed by atoms with Gasteiger partial charge in [0.15, 0.2) is 0 Å². The normalized spacial score (nSPS) is 10.7. The van der Waals surface area contributed by atoms with Crippen molar-refractivity contribution in [2.45, 2.75) is 13.0 Å². The molecule has 0 spiro atoms. The summed E-state index contributed by atoms with van der Waals surface area (Å²) >= 11 is 7.17. The van der Waals surface area contributed by atoms with Gasteiger partial charge in [0.1, 0.15) is 12.2 Å². The monoisotopic (exact) mass is 351 g/mol. The first-order valence-corrected chi connectivity index (χ1v) is 7.94. The Morgan fingerprint density at radius 1 is 1.35 bits per heavy atom. The Morgan fingerprint density at radius 2 is 2.22 bits per heavy atom. The maximum Gasteiger partial charge on any atom is 0.257 e. The number of hydrogen-bond acceptors (Lipinski definition) is 5. The van der Waals surface area contributed by atoms with E-state index >= 15 is 0 Å². The molecule has 5 nitrogen and oxygen atoms in total. The lowest BCUT2D eigenvalue weighted by atomic mass is 10.2. The fraction of sp³-hybridized carbons (Fsp3) is 0.133. The molecule has 3 rings (SSSR count). The van der Waals surface area contributed by atoms with E-state index in [0.717, 1.165) is 4.88 Å². The number of thiophene rings is 1. The Balaban J connectivity index is 1.56. The number of hydrogen-bond donors (Lipinski definition) is 1. The van der Waals surface area contributed by atoms with Crippen molar-refractivity contribution in [2.75, 3.05) is 0 Å². The SMILES string of the molecule is O=C(Cc1nnc(-c2cccs2)o1)NCc1ccc(F)c(Cl)c1. The Morgan fingerprint density at radius 3 is 2.96 bits per heavy atom. The van der Waals surface area contributed by atoms with Crippen LogP contribution in [0.5, 0.6) is 0 Å². The van der Waals surface area contributed by atoms with Crippen molar-refractivity contribution in [2.24, 2.45) is 0 Å². The zero-order valence-corrected chi connectivity index (χ0v) is 13.3. The van der Waals surface area contributed by atoms with Crippen LogP contribution < -0.4 is 5.32 Å². The van der Waals surface area contributed by atoms with E-state index in [4.69, 9.17) is 16.0 Å². The highest BCUT2D eigenvalue weighted by molar-refractivity contribution is 7.13. The van der Waals surface area contributed by atoms with Crippen LogP contribution in [0.2, 0.25) is 5.02 Å². The van der Waals surface area contributed by atoms with E-state index in [9.17, 15) is 9.18 Å². The van der Waals surface area contributed by atoms with Gasteiger partial charge in [0, 0.05) is 6.54 Å². The summed E-state index contributed by atoms with van der Waals surface area (Å²) in [5.74, 6) is -0.128. The molecule has 2 heterocycles. The van der Waals surface area contributed by atoms with Gasteiger partial charge in [0.25, 0.3) is 5.89 Å². The molecule has 1 N–H and O–H groups in total. The molecule has 0 bridgehead atoms. The van der Waals surface area contributed by atoms with Crippen LogP contribution in [0.4, 0.5) is 4.39 Å². The van der Waals surface area contributed by atoms with Crippen molar-refractivity contribution in [3.8, 4) is 10.8 Å². The average molecular weight is 352 g/mol. The summed E-state index contributed by atoms with van der Waals surface area (Å²) in [7, 11) is 0. The van der Waals surface area contributed by atoms with Gasteiger partial charge in [-0.3, -0.25) is 4.79 Å². The third-order valence-corrected chi connectivity index (χ3v) is 4.13. The Bertz CT molecular complexity index is 820. The Labute approximate surface area is 140 Å². The van der Waals surface area contributed by atoms with Crippen LogP contribution in [-0.4, -0.2) is 16.1 Å². The summed E-state index contributed by atoms with van der Waals surface area (Å²) in [4.78, 5) is 12.7. The van der Waals surface area contributed by atoms with Crippen molar-refractivity contribution in [1.82, 2.24) is 15.5 Å². The van der Waals surface area contributed by atoms with Crippen LogP contribution >= 0.6 is 22.9 Å². The molecule has 1 amide bonds. The number of benzene rings is 1. The van der Waals surface area contributed by atoms with Gasteiger partial charge in [-0.25, -0.2) is 4.39 Å². The lowest BCUT2D eigenvalue weighted by Gasteiger charge is -2.04. The number of nitrogens with one attached hydrogen (secondary N) is 1. The number of amides is 1.